The minimum Gasteiger partial charge on any atom is -0.454 e. The number of ether oxygens (including phenoxy) is 2. The maximum atomic E-state index is 13.6. The standard InChI is InChI=1S/C26H20N4O5/c1-15-5-8-17(9-6-15)23-22-24(28-27-23)26(31)29(13-16-7-10-20-21(11-16)35-14-34-20)25(22)18-3-2-4-19(12-18)30(32)33/h2-12,25H,13-14H2,1H3,(H,27,28). The van der Waals surface area contributed by atoms with Crippen LogP contribution >= 0.6 is 0 Å². The molecule has 0 saturated carbocycles. The first kappa shape index (κ1) is 20.9. The Hall–Kier alpha value is -4.66. The molecule has 0 bridgehead atoms. The van der Waals surface area contributed by atoms with E-state index in [4.69, 9.17) is 9.47 Å². The highest BCUT2D eigenvalue weighted by Crippen LogP contribution is 2.44. The molecule has 9 heteroatoms. The number of aromatic nitrogens is 2. The molecule has 35 heavy (non-hydrogen) atoms. The van der Waals surface area contributed by atoms with Crippen LogP contribution in [-0.2, 0) is 6.54 Å². The van der Waals surface area contributed by atoms with Crippen molar-refractivity contribution in [2.24, 2.45) is 0 Å². The molecule has 2 aliphatic rings. The van der Waals surface area contributed by atoms with E-state index >= 15 is 0 Å². The number of fused-ring (bicyclic) bond motifs is 2. The van der Waals surface area contributed by atoms with Gasteiger partial charge in [-0.05, 0) is 30.2 Å². The second kappa shape index (κ2) is 7.98. The lowest BCUT2D eigenvalue weighted by atomic mass is 9.95. The zero-order valence-corrected chi connectivity index (χ0v) is 18.7. The topological polar surface area (TPSA) is 111 Å². The lowest BCUT2D eigenvalue weighted by molar-refractivity contribution is -0.384. The second-order valence-corrected chi connectivity index (χ2v) is 8.60. The van der Waals surface area contributed by atoms with Gasteiger partial charge in [0.1, 0.15) is 5.69 Å². The summed E-state index contributed by atoms with van der Waals surface area (Å²) in [5, 5.41) is 18.9. The van der Waals surface area contributed by atoms with Gasteiger partial charge in [-0.2, -0.15) is 5.10 Å². The predicted molar refractivity (Wildman–Crippen MR) is 126 cm³/mol. The summed E-state index contributed by atoms with van der Waals surface area (Å²) in [7, 11) is 0. The summed E-state index contributed by atoms with van der Waals surface area (Å²) in [6.07, 6.45) is 0. The molecule has 3 heterocycles. The van der Waals surface area contributed by atoms with Crippen molar-refractivity contribution in [1.29, 1.82) is 0 Å². The van der Waals surface area contributed by atoms with Gasteiger partial charge in [-0.15, -0.1) is 0 Å². The van der Waals surface area contributed by atoms with Crippen LogP contribution in [0.15, 0.2) is 66.7 Å². The Balaban J connectivity index is 1.47. The van der Waals surface area contributed by atoms with Gasteiger partial charge in [0.15, 0.2) is 11.5 Å². The van der Waals surface area contributed by atoms with Crippen LogP contribution < -0.4 is 9.47 Å². The minimum atomic E-state index is -0.558. The fraction of sp³-hybridized carbons (Fsp3) is 0.154. The number of nitrogens with zero attached hydrogens (tertiary/aromatic N) is 3. The van der Waals surface area contributed by atoms with Crippen molar-refractivity contribution in [2.45, 2.75) is 19.5 Å². The molecule has 0 radical (unpaired) electrons. The highest BCUT2D eigenvalue weighted by molar-refractivity contribution is 6.00. The third kappa shape index (κ3) is 3.48. The predicted octanol–water partition coefficient (Wildman–Crippen LogP) is 4.77. The molecule has 9 nitrogen and oxygen atoms in total. The van der Waals surface area contributed by atoms with E-state index in [0.717, 1.165) is 16.7 Å². The van der Waals surface area contributed by atoms with Gasteiger partial charge in [0, 0.05) is 29.8 Å². The van der Waals surface area contributed by atoms with Crippen molar-refractivity contribution >= 4 is 11.6 Å². The fourth-order valence-corrected chi connectivity index (χ4v) is 4.68. The number of carbonyl (C=O) groups is 1. The normalized spacial score (nSPS) is 16.0. The minimum absolute atomic E-state index is 0.0354. The highest BCUT2D eigenvalue weighted by atomic mass is 16.7. The third-order valence-electron chi connectivity index (χ3n) is 6.38. The zero-order chi connectivity index (χ0) is 24.1. The Kier molecular flexibility index (Phi) is 4.77. The van der Waals surface area contributed by atoms with Crippen molar-refractivity contribution in [2.75, 3.05) is 6.79 Å². The fourth-order valence-electron chi connectivity index (χ4n) is 4.68. The van der Waals surface area contributed by atoms with Crippen LogP contribution in [0.25, 0.3) is 11.3 Å². The van der Waals surface area contributed by atoms with Crippen LogP contribution in [0.5, 0.6) is 11.5 Å². The Morgan fingerprint density at radius 3 is 2.69 bits per heavy atom. The number of hydrogen-bond donors (Lipinski definition) is 1. The van der Waals surface area contributed by atoms with E-state index in [1.165, 1.54) is 12.1 Å². The molecule has 3 aromatic carbocycles. The number of nitro benzene ring substituents is 1. The van der Waals surface area contributed by atoms with Crippen LogP contribution in [0.1, 0.15) is 38.8 Å². The summed E-state index contributed by atoms with van der Waals surface area (Å²) in [6.45, 7) is 2.44. The number of rotatable bonds is 5. The van der Waals surface area contributed by atoms with Gasteiger partial charge in [0.2, 0.25) is 6.79 Å². The molecule has 2 aliphatic heterocycles. The number of nitrogens with one attached hydrogen (secondary N) is 1. The van der Waals surface area contributed by atoms with Gasteiger partial charge in [0.25, 0.3) is 11.6 Å². The van der Waals surface area contributed by atoms with Crippen molar-refractivity contribution in [1.82, 2.24) is 15.1 Å². The Bertz CT molecular complexity index is 1480. The summed E-state index contributed by atoms with van der Waals surface area (Å²) in [5.74, 6) is 1.06. The van der Waals surface area contributed by atoms with Gasteiger partial charge >= 0.3 is 0 Å². The molecule has 1 amide bonds. The lowest BCUT2D eigenvalue weighted by Gasteiger charge is -2.26. The smallest absolute Gasteiger partial charge is 0.273 e. The van der Waals surface area contributed by atoms with E-state index < -0.39 is 11.0 Å². The van der Waals surface area contributed by atoms with E-state index in [1.807, 2.05) is 49.4 Å². The van der Waals surface area contributed by atoms with Gasteiger partial charge < -0.3 is 14.4 Å². The average molecular weight is 468 g/mol. The average Bonchev–Trinajstić information content (AvgIpc) is 3.56. The molecule has 0 saturated heterocycles. The van der Waals surface area contributed by atoms with Crippen LogP contribution in [0.2, 0.25) is 0 Å². The molecular weight excluding hydrogens is 448 g/mol. The largest absolute Gasteiger partial charge is 0.454 e. The molecule has 1 aromatic heterocycles. The first-order valence-corrected chi connectivity index (χ1v) is 11.1. The molecule has 174 valence electrons. The van der Waals surface area contributed by atoms with E-state index in [9.17, 15) is 14.9 Å². The second-order valence-electron chi connectivity index (χ2n) is 8.60. The van der Waals surface area contributed by atoms with Gasteiger partial charge in [-0.3, -0.25) is 20.0 Å². The molecule has 6 rings (SSSR count). The number of nitro groups is 1. The summed E-state index contributed by atoms with van der Waals surface area (Å²) in [4.78, 5) is 26.4. The zero-order valence-electron chi connectivity index (χ0n) is 18.7. The molecule has 4 aromatic rings. The number of amides is 1. The summed E-state index contributed by atoms with van der Waals surface area (Å²) in [5.41, 5.74) is 5.18. The molecule has 1 atom stereocenters. The van der Waals surface area contributed by atoms with Crippen molar-refractivity contribution < 1.29 is 19.2 Å². The van der Waals surface area contributed by atoms with Crippen LogP contribution in [0, 0.1) is 17.0 Å². The number of aromatic amines is 1. The summed E-state index contributed by atoms with van der Waals surface area (Å²) in [6, 6.07) is 19.3. The number of H-pyrrole nitrogens is 1. The van der Waals surface area contributed by atoms with Crippen LogP contribution in [0.3, 0.4) is 0 Å². The van der Waals surface area contributed by atoms with Crippen LogP contribution in [-0.4, -0.2) is 32.7 Å². The van der Waals surface area contributed by atoms with E-state index in [0.29, 0.717) is 34.0 Å². The number of hydrogen-bond acceptors (Lipinski definition) is 6. The van der Waals surface area contributed by atoms with Crippen molar-refractivity contribution in [3.63, 3.8) is 0 Å². The summed E-state index contributed by atoms with van der Waals surface area (Å²) < 4.78 is 10.9. The third-order valence-corrected chi connectivity index (χ3v) is 6.38. The number of benzene rings is 3. The molecule has 0 fully saturated rings. The molecule has 1 unspecified atom stereocenters. The lowest BCUT2D eigenvalue weighted by Crippen LogP contribution is -2.29. The molecule has 0 spiro atoms. The maximum absolute atomic E-state index is 13.6. The first-order valence-electron chi connectivity index (χ1n) is 11.1. The van der Waals surface area contributed by atoms with E-state index in [2.05, 4.69) is 10.2 Å². The van der Waals surface area contributed by atoms with Gasteiger partial charge in [-0.25, -0.2) is 0 Å². The Morgan fingerprint density at radius 1 is 1.09 bits per heavy atom. The van der Waals surface area contributed by atoms with Gasteiger partial charge in [-0.1, -0.05) is 48.0 Å². The van der Waals surface area contributed by atoms with Crippen LogP contribution in [0.4, 0.5) is 5.69 Å². The molecular formula is C26H20N4O5. The van der Waals surface area contributed by atoms with E-state index in [-0.39, 0.29) is 24.9 Å². The molecule has 1 N–H and O–H groups in total. The van der Waals surface area contributed by atoms with Crippen molar-refractivity contribution in [3.8, 4) is 22.8 Å². The maximum Gasteiger partial charge on any atom is 0.273 e. The Morgan fingerprint density at radius 2 is 1.89 bits per heavy atom. The quantitative estimate of drug-likeness (QED) is 0.334. The monoisotopic (exact) mass is 468 g/mol. The molecule has 0 aliphatic carbocycles. The SMILES string of the molecule is Cc1ccc(-c2n[nH]c3c2C(c2cccc([N+](=O)[O-])c2)N(Cc2ccc4c(c2)OCO4)C3=O)cc1. The van der Waals surface area contributed by atoms with Crippen molar-refractivity contribution in [3.05, 3.63) is 105 Å². The summed E-state index contributed by atoms with van der Waals surface area (Å²) >= 11 is 0. The number of aryl methyl sites for hydroxylation is 1. The number of non-ortho nitro benzene ring substituents is 1. The first-order chi connectivity index (χ1) is 17.0. The highest BCUT2D eigenvalue weighted by Gasteiger charge is 2.42. The van der Waals surface area contributed by atoms with Gasteiger partial charge in [0.05, 0.1) is 16.7 Å². The number of carbonyl (C=O) groups excluding carboxylic acids is 1. The Labute approximate surface area is 200 Å². The van der Waals surface area contributed by atoms with E-state index in [1.54, 1.807) is 17.0 Å².